The molecule has 0 spiro atoms. The third-order valence-corrected chi connectivity index (χ3v) is 2.17. The highest BCUT2D eigenvalue weighted by molar-refractivity contribution is 5.98. The van der Waals surface area contributed by atoms with E-state index in [2.05, 4.69) is 0 Å². The van der Waals surface area contributed by atoms with E-state index in [1.54, 1.807) is 18.2 Å². The predicted molar refractivity (Wildman–Crippen MR) is 62.6 cm³/mol. The van der Waals surface area contributed by atoms with E-state index in [0.29, 0.717) is 17.0 Å². The van der Waals surface area contributed by atoms with E-state index < -0.39 is 0 Å². The first-order valence-corrected chi connectivity index (χ1v) is 5.23. The van der Waals surface area contributed by atoms with Gasteiger partial charge >= 0.3 is 0 Å². The van der Waals surface area contributed by atoms with Crippen LogP contribution >= 0.6 is 0 Å². The second kappa shape index (κ2) is 5.51. The van der Waals surface area contributed by atoms with Crippen molar-refractivity contribution < 1.29 is 14.6 Å². The van der Waals surface area contributed by atoms with Gasteiger partial charge in [0.25, 0.3) is 0 Å². The average Bonchev–Trinajstić information content (AvgIpc) is 2.26. The number of aliphatic hydroxyl groups excluding tert-OH is 1. The van der Waals surface area contributed by atoms with Crippen LogP contribution in [-0.2, 0) is 0 Å². The Morgan fingerprint density at radius 2 is 2.19 bits per heavy atom. The normalized spacial score (nSPS) is 10.5. The van der Waals surface area contributed by atoms with Gasteiger partial charge in [-0.1, -0.05) is 13.8 Å². The zero-order chi connectivity index (χ0) is 12.1. The van der Waals surface area contributed by atoms with Crippen molar-refractivity contribution in [1.29, 1.82) is 0 Å². The van der Waals surface area contributed by atoms with E-state index in [4.69, 9.17) is 15.6 Å². The molecule has 0 bridgehead atoms. The fourth-order valence-electron chi connectivity index (χ4n) is 1.32. The topological polar surface area (TPSA) is 72.5 Å². The minimum atomic E-state index is -0.0634. The summed E-state index contributed by atoms with van der Waals surface area (Å²) >= 11 is 0. The van der Waals surface area contributed by atoms with Crippen molar-refractivity contribution in [2.45, 2.75) is 13.8 Å². The van der Waals surface area contributed by atoms with E-state index in [9.17, 15) is 4.79 Å². The molecular weight excluding hydrogens is 206 g/mol. The standard InChI is InChI=1S/C12H17NO3/c1-8(2)12(15)9-3-4-11(10(13)7-9)16-6-5-14/h3-4,7-8,14H,5-6,13H2,1-2H3. The maximum absolute atomic E-state index is 11.7. The maximum Gasteiger partial charge on any atom is 0.165 e. The first-order valence-electron chi connectivity index (χ1n) is 5.23. The molecule has 3 N–H and O–H groups in total. The highest BCUT2D eigenvalue weighted by Crippen LogP contribution is 2.23. The van der Waals surface area contributed by atoms with E-state index in [-0.39, 0.29) is 24.9 Å². The molecule has 0 saturated heterocycles. The second-order valence-corrected chi connectivity index (χ2v) is 3.84. The highest BCUT2D eigenvalue weighted by Gasteiger charge is 2.12. The van der Waals surface area contributed by atoms with E-state index in [1.165, 1.54) is 0 Å². The van der Waals surface area contributed by atoms with Gasteiger partial charge in [-0.25, -0.2) is 0 Å². The molecule has 1 aromatic carbocycles. The van der Waals surface area contributed by atoms with Gasteiger partial charge in [-0.15, -0.1) is 0 Å². The zero-order valence-electron chi connectivity index (χ0n) is 9.56. The third kappa shape index (κ3) is 2.97. The Morgan fingerprint density at radius 3 is 2.69 bits per heavy atom. The maximum atomic E-state index is 11.7. The molecule has 1 rings (SSSR count). The number of hydrogen-bond donors (Lipinski definition) is 2. The van der Waals surface area contributed by atoms with Crippen molar-refractivity contribution in [1.82, 2.24) is 0 Å². The van der Waals surface area contributed by atoms with Crippen LogP contribution in [-0.4, -0.2) is 24.1 Å². The van der Waals surface area contributed by atoms with Gasteiger partial charge in [-0.2, -0.15) is 0 Å². The monoisotopic (exact) mass is 223 g/mol. The van der Waals surface area contributed by atoms with Crippen molar-refractivity contribution >= 4 is 11.5 Å². The molecule has 0 aromatic heterocycles. The minimum absolute atomic E-state index is 0.0522. The molecule has 4 heteroatoms. The number of rotatable bonds is 5. The van der Waals surface area contributed by atoms with Crippen molar-refractivity contribution in [2.75, 3.05) is 18.9 Å². The van der Waals surface area contributed by atoms with E-state index >= 15 is 0 Å². The van der Waals surface area contributed by atoms with Gasteiger partial charge in [-0.3, -0.25) is 4.79 Å². The second-order valence-electron chi connectivity index (χ2n) is 3.84. The number of hydrogen-bond acceptors (Lipinski definition) is 4. The number of ketones is 1. The molecule has 0 aliphatic heterocycles. The third-order valence-electron chi connectivity index (χ3n) is 2.17. The summed E-state index contributed by atoms with van der Waals surface area (Å²) < 4.78 is 5.19. The summed E-state index contributed by atoms with van der Waals surface area (Å²) in [6, 6.07) is 4.95. The Morgan fingerprint density at radius 1 is 1.50 bits per heavy atom. The van der Waals surface area contributed by atoms with Crippen LogP contribution < -0.4 is 10.5 Å². The molecule has 1 aromatic rings. The molecule has 0 aliphatic rings. The molecular formula is C12H17NO3. The van der Waals surface area contributed by atoms with Crippen LogP contribution in [0.3, 0.4) is 0 Å². The Labute approximate surface area is 95.0 Å². The van der Waals surface area contributed by atoms with Crippen molar-refractivity contribution in [3.8, 4) is 5.75 Å². The molecule has 0 heterocycles. The number of benzene rings is 1. The number of Topliss-reactive ketones (excluding diaryl/α,β-unsaturated/α-hetero) is 1. The molecule has 0 atom stereocenters. The number of carbonyl (C=O) groups excluding carboxylic acids is 1. The van der Waals surface area contributed by atoms with Crippen LogP contribution in [0.2, 0.25) is 0 Å². The Kier molecular flexibility index (Phi) is 4.31. The predicted octanol–water partition coefficient (Wildman–Crippen LogP) is 1.48. The van der Waals surface area contributed by atoms with Gasteiger partial charge in [0, 0.05) is 11.5 Å². The fraction of sp³-hybridized carbons (Fsp3) is 0.417. The summed E-state index contributed by atoms with van der Waals surface area (Å²) in [5.74, 6) is 0.498. The fourth-order valence-corrected chi connectivity index (χ4v) is 1.32. The van der Waals surface area contributed by atoms with Gasteiger partial charge in [0.1, 0.15) is 12.4 Å². The van der Waals surface area contributed by atoms with Gasteiger partial charge in [0.15, 0.2) is 5.78 Å². The van der Waals surface area contributed by atoms with Crippen LogP contribution in [0.1, 0.15) is 24.2 Å². The van der Waals surface area contributed by atoms with Crippen molar-refractivity contribution in [3.63, 3.8) is 0 Å². The first-order chi connectivity index (χ1) is 7.56. The van der Waals surface area contributed by atoms with Crippen molar-refractivity contribution in [2.24, 2.45) is 5.92 Å². The Bertz CT molecular complexity index is 375. The molecule has 0 saturated carbocycles. The summed E-state index contributed by atoms with van der Waals surface area (Å²) in [6.07, 6.45) is 0. The van der Waals surface area contributed by atoms with Crippen LogP contribution in [0.5, 0.6) is 5.75 Å². The van der Waals surface area contributed by atoms with Crippen LogP contribution in [0.15, 0.2) is 18.2 Å². The molecule has 0 radical (unpaired) electrons. The van der Waals surface area contributed by atoms with Gasteiger partial charge in [0.2, 0.25) is 0 Å². The first kappa shape index (κ1) is 12.5. The smallest absolute Gasteiger partial charge is 0.165 e. The summed E-state index contributed by atoms with van der Waals surface area (Å²) in [5, 5.41) is 8.61. The summed E-state index contributed by atoms with van der Waals surface area (Å²) in [5.41, 5.74) is 6.74. The largest absolute Gasteiger partial charge is 0.489 e. The number of aliphatic hydroxyl groups is 1. The highest BCUT2D eigenvalue weighted by atomic mass is 16.5. The average molecular weight is 223 g/mol. The summed E-state index contributed by atoms with van der Waals surface area (Å²) in [4.78, 5) is 11.7. The lowest BCUT2D eigenvalue weighted by Gasteiger charge is -2.10. The molecule has 0 unspecified atom stereocenters. The lowest BCUT2D eigenvalue weighted by molar-refractivity contribution is 0.0939. The molecule has 4 nitrogen and oxygen atoms in total. The Balaban J connectivity index is 2.86. The Hall–Kier alpha value is -1.55. The van der Waals surface area contributed by atoms with E-state index in [0.717, 1.165) is 0 Å². The number of carbonyl (C=O) groups is 1. The van der Waals surface area contributed by atoms with Gasteiger partial charge in [-0.05, 0) is 18.2 Å². The summed E-state index contributed by atoms with van der Waals surface area (Å²) in [7, 11) is 0. The number of anilines is 1. The SMILES string of the molecule is CC(C)C(=O)c1ccc(OCCO)c(N)c1. The molecule has 16 heavy (non-hydrogen) atoms. The lowest BCUT2D eigenvalue weighted by atomic mass is 10.0. The summed E-state index contributed by atoms with van der Waals surface area (Å²) in [6.45, 7) is 3.82. The van der Waals surface area contributed by atoms with Gasteiger partial charge in [0.05, 0.1) is 12.3 Å². The molecule has 0 aliphatic carbocycles. The zero-order valence-corrected chi connectivity index (χ0v) is 9.56. The minimum Gasteiger partial charge on any atom is -0.489 e. The molecule has 88 valence electrons. The lowest BCUT2D eigenvalue weighted by Crippen LogP contribution is -2.09. The van der Waals surface area contributed by atoms with E-state index in [1.807, 2.05) is 13.8 Å². The molecule has 0 amide bonds. The number of ether oxygens (including phenoxy) is 1. The van der Waals surface area contributed by atoms with Crippen LogP contribution in [0.25, 0.3) is 0 Å². The quantitative estimate of drug-likeness (QED) is 0.585. The number of nitrogen functional groups attached to an aromatic ring is 1. The molecule has 0 fully saturated rings. The van der Waals surface area contributed by atoms with Crippen LogP contribution in [0, 0.1) is 5.92 Å². The number of nitrogens with two attached hydrogens (primary N) is 1. The van der Waals surface area contributed by atoms with Gasteiger partial charge < -0.3 is 15.6 Å². The van der Waals surface area contributed by atoms with Crippen LogP contribution in [0.4, 0.5) is 5.69 Å². The van der Waals surface area contributed by atoms with Crippen molar-refractivity contribution in [3.05, 3.63) is 23.8 Å².